The molecule has 0 aromatic heterocycles. The van der Waals surface area contributed by atoms with Crippen LogP contribution in [0.1, 0.15) is 51.0 Å². The summed E-state index contributed by atoms with van der Waals surface area (Å²) < 4.78 is 27.1. The van der Waals surface area contributed by atoms with Gasteiger partial charge >= 0.3 is 0 Å². The third-order valence-corrected chi connectivity index (χ3v) is 6.48. The first kappa shape index (κ1) is 16.5. The van der Waals surface area contributed by atoms with E-state index in [1.165, 1.54) is 5.56 Å². The summed E-state index contributed by atoms with van der Waals surface area (Å²) in [5.41, 5.74) is 6.93. The third-order valence-electron chi connectivity index (χ3n) is 4.51. The maximum atomic E-state index is 12.8. The Labute approximate surface area is 128 Å². The Bertz CT molecular complexity index is 554. The molecule has 1 aromatic rings. The molecule has 1 saturated heterocycles. The Morgan fingerprint density at radius 3 is 2.52 bits per heavy atom. The molecule has 21 heavy (non-hydrogen) atoms. The first-order chi connectivity index (χ1) is 10.0. The Kier molecular flexibility index (Phi) is 5.41. The van der Waals surface area contributed by atoms with Crippen molar-refractivity contribution in [2.45, 2.75) is 56.4 Å². The maximum absolute atomic E-state index is 12.8. The Morgan fingerprint density at radius 2 is 1.95 bits per heavy atom. The third kappa shape index (κ3) is 3.47. The number of sulfonamides is 1. The van der Waals surface area contributed by atoms with Crippen LogP contribution >= 0.6 is 0 Å². The maximum Gasteiger partial charge on any atom is 0.243 e. The summed E-state index contributed by atoms with van der Waals surface area (Å²) in [5.74, 6) is 0.452. The highest BCUT2D eigenvalue weighted by Gasteiger charge is 2.32. The normalized spacial score (nSPS) is 22.1. The van der Waals surface area contributed by atoms with Gasteiger partial charge in [-0.3, -0.25) is 0 Å². The Balaban J connectivity index is 2.26. The molecule has 1 fully saturated rings. The molecule has 2 atom stereocenters. The number of nitrogens with zero attached hydrogens (tertiary/aromatic N) is 1. The van der Waals surface area contributed by atoms with Crippen LogP contribution in [-0.4, -0.2) is 31.9 Å². The zero-order valence-corrected chi connectivity index (χ0v) is 13.8. The second-order valence-electron chi connectivity index (χ2n) is 5.88. The van der Waals surface area contributed by atoms with Crippen molar-refractivity contribution in [2.24, 2.45) is 5.73 Å². The van der Waals surface area contributed by atoms with E-state index in [9.17, 15) is 8.42 Å². The molecule has 1 aliphatic rings. The van der Waals surface area contributed by atoms with Gasteiger partial charge in [-0.05, 0) is 42.9 Å². The molecule has 118 valence electrons. The fraction of sp³-hybridized carbons (Fsp3) is 0.625. The largest absolute Gasteiger partial charge is 0.329 e. The lowest BCUT2D eigenvalue weighted by molar-refractivity contribution is 0.257. The molecule has 4 nitrogen and oxygen atoms in total. The lowest BCUT2D eigenvalue weighted by atomic mass is 9.99. The fourth-order valence-corrected chi connectivity index (χ4v) is 4.57. The van der Waals surface area contributed by atoms with E-state index in [-0.39, 0.29) is 6.04 Å². The topological polar surface area (TPSA) is 63.4 Å². The highest BCUT2D eigenvalue weighted by atomic mass is 32.2. The van der Waals surface area contributed by atoms with E-state index in [0.29, 0.717) is 23.9 Å². The van der Waals surface area contributed by atoms with E-state index < -0.39 is 10.0 Å². The van der Waals surface area contributed by atoms with E-state index in [0.717, 1.165) is 25.7 Å². The summed E-state index contributed by atoms with van der Waals surface area (Å²) in [7, 11) is -3.42. The van der Waals surface area contributed by atoms with Crippen LogP contribution in [0, 0.1) is 0 Å². The number of hydrogen-bond donors (Lipinski definition) is 1. The number of piperidine rings is 1. The van der Waals surface area contributed by atoms with E-state index in [2.05, 4.69) is 13.8 Å². The Hall–Kier alpha value is -0.910. The molecule has 0 saturated carbocycles. The molecular weight excluding hydrogens is 284 g/mol. The Morgan fingerprint density at radius 1 is 1.29 bits per heavy atom. The van der Waals surface area contributed by atoms with E-state index in [1.807, 2.05) is 12.1 Å². The van der Waals surface area contributed by atoms with Crippen LogP contribution in [0.25, 0.3) is 0 Å². The molecule has 2 unspecified atom stereocenters. The van der Waals surface area contributed by atoms with Gasteiger partial charge in [0.25, 0.3) is 0 Å². The zero-order valence-electron chi connectivity index (χ0n) is 13.0. The summed E-state index contributed by atoms with van der Waals surface area (Å²) in [6, 6.07) is 7.28. The second kappa shape index (κ2) is 6.90. The summed E-state index contributed by atoms with van der Waals surface area (Å²) in [4.78, 5) is 0.384. The first-order valence-corrected chi connectivity index (χ1v) is 9.26. The van der Waals surface area contributed by atoms with Crippen molar-refractivity contribution in [3.63, 3.8) is 0 Å². The lowest BCUT2D eigenvalue weighted by Crippen LogP contribution is -2.47. The van der Waals surface area contributed by atoms with Gasteiger partial charge in [0.1, 0.15) is 0 Å². The number of nitrogens with two attached hydrogens (primary N) is 1. The van der Waals surface area contributed by atoms with Gasteiger partial charge in [0, 0.05) is 19.1 Å². The van der Waals surface area contributed by atoms with Crippen LogP contribution in [0.2, 0.25) is 0 Å². The minimum atomic E-state index is -3.42. The SMILES string of the molecule is CCC(C)c1ccc(S(=O)(=O)N2CCCCC2CN)cc1. The number of rotatable bonds is 5. The highest BCUT2D eigenvalue weighted by molar-refractivity contribution is 7.89. The molecule has 1 aliphatic heterocycles. The van der Waals surface area contributed by atoms with Crippen molar-refractivity contribution in [1.29, 1.82) is 0 Å². The van der Waals surface area contributed by atoms with Crippen molar-refractivity contribution in [1.82, 2.24) is 4.31 Å². The summed E-state index contributed by atoms with van der Waals surface area (Å²) in [6.45, 7) is 5.26. The summed E-state index contributed by atoms with van der Waals surface area (Å²) in [6.07, 6.45) is 3.88. The molecule has 1 aromatic carbocycles. The smallest absolute Gasteiger partial charge is 0.243 e. The number of benzene rings is 1. The molecule has 2 N–H and O–H groups in total. The van der Waals surface area contributed by atoms with Crippen molar-refractivity contribution in [2.75, 3.05) is 13.1 Å². The van der Waals surface area contributed by atoms with Crippen molar-refractivity contribution >= 4 is 10.0 Å². The minimum absolute atomic E-state index is 0.0574. The highest BCUT2D eigenvalue weighted by Crippen LogP contribution is 2.26. The van der Waals surface area contributed by atoms with Gasteiger partial charge in [-0.15, -0.1) is 0 Å². The molecular formula is C16H26N2O2S. The van der Waals surface area contributed by atoms with Gasteiger partial charge < -0.3 is 5.73 Å². The lowest BCUT2D eigenvalue weighted by Gasteiger charge is -2.33. The van der Waals surface area contributed by atoms with Crippen molar-refractivity contribution < 1.29 is 8.42 Å². The van der Waals surface area contributed by atoms with Crippen molar-refractivity contribution in [3.05, 3.63) is 29.8 Å². The molecule has 0 amide bonds. The van der Waals surface area contributed by atoms with Gasteiger partial charge in [0.2, 0.25) is 10.0 Å². The molecule has 5 heteroatoms. The molecule has 1 heterocycles. The van der Waals surface area contributed by atoms with Crippen LogP contribution in [0.5, 0.6) is 0 Å². The average molecular weight is 310 g/mol. The zero-order chi connectivity index (χ0) is 15.5. The second-order valence-corrected chi connectivity index (χ2v) is 7.77. The molecule has 0 aliphatic carbocycles. The molecule has 0 bridgehead atoms. The van der Waals surface area contributed by atoms with E-state index in [4.69, 9.17) is 5.73 Å². The van der Waals surface area contributed by atoms with Gasteiger partial charge in [0.15, 0.2) is 0 Å². The predicted octanol–water partition coefficient (Wildman–Crippen LogP) is 2.70. The van der Waals surface area contributed by atoms with Crippen LogP contribution in [0.15, 0.2) is 29.2 Å². The van der Waals surface area contributed by atoms with Crippen molar-refractivity contribution in [3.8, 4) is 0 Å². The fourth-order valence-electron chi connectivity index (χ4n) is 2.87. The molecule has 0 radical (unpaired) electrons. The van der Waals surface area contributed by atoms with Gasteiger partial charge in [-0.2, -0.15) is 4.31 Å². The quantitative estimate of drug-likeness (QED) is 0.909. The van der Waals surface area contributed by atoms with Crippen LogP contribution < -0.4 is 5.73 Å². The monoisotopic (exact) mass is 310 g/mol. The molecule has 2 rings (SSSR count). The minimum Gasteiger partial charge on any atom is -0.329 e. The van der Waals surface area contributed by atoms with Gasteiger partial charge in [-0.25, -0.2) is 8.42 Å². The molecule has 0 spiro atoms. The van der Waals surface area contributed by atoms with Crippen LogP contribution in [0.3, 0.4) is 0 Å². The van der Waals surface area contributed by atoms with E-state index in [1.54, 1.807) is 16.4 Å². The van der Waals surface area contributed by atoms with Gasteiger partial charge in [0.05, 0.1) is 4.90 Å². The summed E-state index contributed by atoms with van der Waals surface area (Å²) >= 11 is 0. The van der Waals surface area contributed by atoms with Gasteiger partial charge in [-0.1, -0.05) is 32.4 Å². The van der Waals surface area contributed by atoms with E-state index >= 15 is 0 Å². The summed E-state index contributed by atoms with van der Waals surface area (Å²) in [5, 5.41) is 0. The number of hydrogen-bond acceptors (Lipinski definition) is 3. The predicted molar refractivity (Wildman–Crippen MR) is 85.7 cm³/mol. The van der Waals surface area contributed by atoms with Crippen LogP contribution in [-0.2, 0) is 10.0 Å². The average Bonchev–Trinajstić information content (AvgIpc) is 2.54. The standard InChI is InChI=1S/C16H26N2O2S/c1-3-13(2)14-7-9-16(10-8-14)21(19,20)18-11-5-4-6-15(18)12-17/h7-10,13,15H,3-6,11-12,17H2,1-2H3. The van der Waals surface area contributed by atoms with Crippen LogP contribution in [0.4, 0.5) is 0 Å². The first-order valence-electron chi connectivity index (χ1n) is 7.82.